The van der Waals surface area contributed by atoms with Gasteiger partial charge in [0.15, 0.2) is 0 Å². The van der Waals surface area contributed by atoms with Crippen LogP contribution in [0.3, 0.4) is 0 Å². The molecule has 1 saturated heterocycles. The molecule has 185 valence electrons. The van der Waals surface area contributed by atoms with Gasteiger partial charge in [0.1, 0.15) is 0 Å². The van der Waals surface area contributed by atoms with Gasteiger partial charge in [-0.25, -0.2) is 8.42 Å². The highest BCUT2D eigenvalue weighted by Gasteiger charge is 2.36. The maximum absolute atomic E-state index is 13.0. The van der Waals surface area contributed by atoms with Gasteiger partial charge < -0.3 is 5.32 Å². The maximum Gasteiger partial charge on any atom is 0.416 e. The number of hydrogen-bond acceptors (Lipinski definition) is 3. The number of halogens is 3. The minimum atomic E-state index is -4.51. The fourth-order valence-electron chi connectivity index (χ4n) is 4.40. The SMILES string of the molecule is O=C(NCCC1CCCN1S(=O)(=O)c1ccc(C(F)(F)F)cc1)[C]1CCCCCCC1.[CH2].[CH2]. The van der Waals surface area contributed by atoms with Crippen LogP contribution < -0.4 is 5.32 Å². The van der Waals surface area contributed by atoms with Crippen LogP contribution in [0.2, 0.25) is 0 Å². The van der Waals surface area contributed by atoms with Crippen molar-refractivity contribution in [2.75, 3.05) is 13.1 Å². The Morgan fingerprint density at radius 3 is 2.12 bits per heavy atom. The first-order valence-corrected chi connectivity index (χ1v) is 12.5. The highest BCUT2D eigenvalue weighted by Crippen LogP contribution is 2.32. The molecule has 2 fully saturated rings. The number of benzene rings is 1. The first-order chi connectivity index (χ1) is 14.7. The van der Waals surface area contributed by atoms with Crippen LogP contribution in [-0.2, 0) is 21.0 Å². The molecule has 1 aliphatic carbocycles. The molecule has 0 bridgehead atoms. The molecule has 1 amide bonds. The molecular formula is C24H34F3N2O3S. The molecule has 1 aliphatic heterocycles. The van der Waals surface area contributed by atoms with Crippen LogP contribution >= 0.6 is 0 Å². The van der Waals surface area contributed by atoms with Gasteiger partial charge >= 0.3 is 6.18 Å². The monoisotopic (exact) mass is 487 g/mol. The van der Waals surface area contributed by atoms with Crippen LogP contribution in [0.5, 0.6) is 0 Å². The second kappa shape index (κ2) is 12.7. The zero-order valence-corrected chi connectivity index (χ0v) is 19.8. The normalized spacial score (nSPS) is 20.8. The van der Waals surface area contributed by atoms with Crippen LogP contribution in [0.1, 0.15) is 69.8 Å². The van der Waals surface area contributed by atoms with E-state index >= 15 is 0 Å². The average Bonchev–Trinajstić information content (AvgIpc) is 3.16. The van der Waals surface area contributed by atoms with E-state index in [0.29, 0.717) is 32.4 Å². The number of carbonyl (C=O) groups excluding carboxylic acids is 1. The number of rotatable bonds is 6. The molecule has 1 N–H and O–H groups in total. The van der Waals surface area contributed by atoms with Crippen molar-refractivity contribution in [3.05, 3.63) is 50.6 Å². The topological polar surface area (TPSA) is 66.5 Å². The zero-order valence-electron chi connectivity index (χ0n) is 19.0. The summed E-state index contributed by atoms with van der Waals surface area (Å²) >= 11 is 0. The third kappa shape index (κ3) is 7.70. The highest BCUT2D eigenvalue weighted by molar-refractivity contribution is 7.89. The lowest BCUT2D eigenvalue weighted by atomic mass is 9.90. The van der Waals surface area contributed by atoms with E-state index in [2.05, 4.69) is 5.32 Å². The quantitative estimate of drug-likeness (QED) is 0.589. The molecule has 0 aromatic heterocycles. The third-order valence-electron chi connectivity index (χ3n) is 6.15. The molecule has 2 aliphatic rings. The van der Waals surface area contributed by atoms with Gasteiger partial charge in [0, 0.05) is 19.1 Å². The van der Waals surface area contributed by atoms with Gasteiger partial charge in [-0.3, -0.25) is 4.79 Å². The Balaban J connectivity index is 0.00000272. The zero-order chi connectivity index (χ0) is 22.5. The summed E-state index contributed by atoms with van der Waals surface area (Å²) in [5, 5.41) is 2.94. The van der Waals surface area contributed by atoms with Gasteiger partial charge in [-0.2, -0.15) is 17.5 Å². The Kier molecular flexibility index (Phi) is 11.4. The maximum atomic E-state index is 13.0. The van der Waals surface area contributed by atoms with Crippen LogP contribution in [0.25, 0.3) is 0 Å². The second-order valence-electron chi connectivity index (χ2n) is 8.35. The minimum absolute atomic E-state index is 0. The summed E-state index contributed by atoms with van der Waals surface area (Å²) in [4.78, 5) is 12.3. The summed E-state index contributed by atoms with van der Waals surface area (Å²) < 4.78 is 65.6. The molecular weight excluding hydrogens is 453 g/mol. The minimum Gasteiger partial charge on any atom is -0.356 e. The molecule has 1 heterocycles. The number of nitrogens with zero attached hydrogens (tertiary/aromatic N) is 1. The lowest BCUT2D eigenvalue weighted by Gasteiger charge is -2.25. The van der Waals surface area contributed by atoms with Crippen molar-refractivity contribution in [1.29, 1.82) is 0 Å². The molecule has 1 aromatic rings. The van der Waals surface area contributed by atoms with E-state index in [9.17, 15) is 26.4 Å². The van der Waals surface area contributed by atoms with Crippen molar-refractivity contribution in [3.63, 3.8) is 0 Å². The molecule has 0 spiro atoms. The fourth-order valence-corrected chi connectivity index (χ4v) is 6.13. The van der Waals surface area contributed by atoms with E-state index in [-0.39, 0.29) is 31.7 Å². The van der Waals surface area contributed by atoms with E-state index in [0.717, 1.165) is 68.7 Å². The highest BCUT2D eigenvalue weighted by atomic mass is 32.2. The number of carbonyl (C=O) groups is 1. The van der Waals surface area contributed by atoms with E-state index in [1.807, 2.05) is 0 Å². The Labute approximate surface area is 197 Å². The number of amides is 1. The van der Waals surface area contributed by atoms with Gasteiger partial charge in [0.2, 0.25) is 15.9 Å². The standard InChI is InChI=1S/C22H30F3N2O3S.2CH2/c23-22(24,25)18-10-12-20(13-11-18)31(29,30)27-16-6-9-19(27)14-15-26-21(28)17-7-4-2-1-3-5-8-17;;/h10-13,19H,1-9,14-16H2,(H,26,28);2*1H2. The summed E-state index contributed by atoms with van der Waals surface area (Å²) in [6.45, 7) is 0.714. The molecule has 5 nitrogen and oxygen atoms in total. The van der Waals surface area contributed by atoms with Crippen molar-refractivity contribution < 1.29 is 26.4 Å². The first-order valence-electron chi connectivity index (χ1n) is 11.0. The fraction of sp³-hybridized carbons (Fsp3) is 0.583. The number of alkyl halides is 3. The second-order valence-corrected chi connectivity index (χ2v) is 10.2. The number of hydrogen-bond donors (Lipinski definition) is 1. The van der Waals surface area contributed by atoms with E-state index < -0.39 is 21.8 Å². The molecule has 1 unspecified atom stereocenters. The van der Waals surface area contributed by atoms with Gasteiger partial charge in [0.05, 0.1) is 16.4 Å². The van der Waals surface area contributed by atoms with Gasteiger partial charge in [-0.15, -0.1) is 0 Å². The molecule has 9 heteroatoms. The predicted molar refractivity (Wildman–Crippen MR) is 122 cm³/mol. The molecule has 1 saturated carbocycles. The Morgan fingerprint density at radius 2 is 1.55 bits per heavy atom. The third-order valence-corrected chi connectivity index (χ3v) is 8.12. The van der Waals surface area contributed by atoms with Gasteiger partial charge in [0.25, 0.3) is 0 Å². The summed E-state index contributed by atoms with van der Waals surface area (Å²) in [5.41, 5.74) is -0.876. The molecule has 1 atom stereocenters. The molecule has 1 aromatic carbocycles. The molecule has 5 radical (unpaired) electrons. The largest absolute Gasteiger partial charge is 0.416 e. The van der Waals surface area contributed by atoms with Crippen LogP contribution in [0.4, 0.5) is 13.2 Å². The number of nitrogens with one attached hydrogen (secondary N) is 1. The summed E-state index contributed by atoms with van der Waals surface area (Å²) in [6.07, 6.45) is 4.57. The van der Waals surface area contributed by atoms with Crippen LogP contribution in [0, 0.1) is 20.8 Å². The van der Waals surface area contributed by atoms with Gasteiger partial charge in [-0.1, -0.05) is 47.0 Å². The van der Waals surface area contributed by atoms with Crippen molar-refractivity contribution in [3.8, 4) is 0 Å². The smallest absolute Gasteiger partial charge is 0.356 e. The lowest BCUT2D eigenvalue weighted by Crippen LogP contribution is -2.39. The summed E-state index contributed by atoms with van der Waals surface area (Å²) in [6, 6.07) is 3.35. The van der Waals surface area contributed by atoms with Crippen molar-refractivity contribution in [1.82, 2.24) is 9.62 Å². The van der Waals surface area contributed by atoms with E-state index in [4.69, 9.17) is 0 Å². The van der Waals surface area contributed by atoms with Crippen LogP contribution in [-0.4, -0.2) is 37.8 Å². The number of sulfonamides is 1. The summed E-state index contributed by atoms with van der Waals surface area (Å²) in [5.74, 6) is 0.900. The van der Waals surface area contributed by atoms with Crippen molar-refractivity contribution in [2.45, 2.75) is 81.3 Å². The van der Waals surface area contributed by atoms with Crippen molar-refractivity contribution >= 4 is 15.9 Å². The Hall–Kier alpha value is -1.61. The Bertz CT molecular complexity index is 834. The lowest BCUT2D eigenvalue weighted by molar-refractivity contribution is -0.137. The van der Waals surface area contributed by atoms with Crippen LogP contribution in [0.15, 0.2) is 29.2 Å². The van der Waals surface area contributed by atoms with Gasteiger partial charge in [-0.05, 0) is 56.4 Å². The molecule has 3 rings (SSSR count). The molecule has 33 heavy (non-hydrogen) atoms. The van der Waals surface area contributed by atoms with E-state index in [1.54, 1.807) is 0 Å². The average molecular weight is 488 g/mol. The summed E-state index contributed by atoms with van der Waals surface area (Å²) in [7, 11) is -3.88. The predicted octanol–water partition coefficient (Wildman–Crippen LogP) is 5.34. The van der Waals surface area contributed by atoms with Crippen molar-refractivity contribution in [2.24, 2.45) is 0 Å². The first kappa shape index (κ1) is 29.4. The Morgan fingerprint density at radius 1 is 0.970 bits per heavy atom. The van der Waals surface area contributed by atoms with E-state index in [1.165, 1.54) is 10.7 Å².